The van der Waals surface area contributed by atoms with Crippen molar-refractivity contribution < 1.29 is 4.74 Å². The summed E-state index contributed by atoms with van der Waals surface area (Å²) < 4.78 is 5.35. The third-order valence-corrected chi connectivity index (χ3v) is 2.21. The molecule has 1 aromatic rings. The maximum atomic E-state index is 11.2. The summed E-state index contributed by atoms with van der Waals surface area (Å²) >= 11 is 0. The minimum absolute atomic E-state index is 0.0572. The fourth-order valence-corrected chi connectivity index (χ4v) is 1.50. The van der Waals surface area contributed by atoms with E-state index >= 15 is 0 Å². The molecular weight excluding hydrogens is 200 g/mol. The van der Waals surface area contributed by atoms with E-state index in [1.165, 1.54) is 0 Å². The van der Waals surface area contributed by atoms with Crippen LogP contribution in [-0.4, -0.2) is 34.4 Å². The standard InChI is InChI=1S/C8H12N4O3/c13-6-7(11-12-8(14)10-6)15-5-2-1-3-9-4-5/h5,9H,1-4H2,(H2,10,12,13,14). The number of rotatable bonds is 2. The zero-order valence-corrected chi connectivity index (χ0v) is 8.08. The van der Waals surface area contributed by atoms with E-state index in [2.05, 4.69) is 20.5 Å². The van der Waals surface area contributed by atoms with Gasteiger partial charge in [0, 0.05) is 6.54 Å². The third-order valence-electron chi connectivity index (χ3n) is 2.21. The van der Waals surface area contributed by atoms with Gasteiger partial charge in [-0.2, -0.15) is 0 Å². The van der Waals surface area contributed by atoms with Crippen LogP contribution in [0.15, 0.2) is 9.59 Å². The molecule has 2 heterocycles. The summed E-state index contributed by atoms with van der Waals surface area (Å²) in [6.45, 7) is 1.66. The van der Waals surface area contributed by atoms with Crippen LogP contribution in [0.1, 0.15) is 12.8 Å². The summed E-state index contributed by atoms with van der Waals surface area (Å²) in [5.41, 5.74) is -1.22. The van der Waals surface area contributed by atoms with Gasteiger partial charge in [-0.1, -0.05) is 0 Å². The molecule has 1 atom stereocenters. The lowest BCUT2D eigenvalue weighted by Gasteiger charge is -2.22. The highest BCUT2D eigenvalue weighted by Gasteiger charge is 2.16. The highest BCUT2D eigenvalue weighted by molar-refractivity contribution is 5.00. The molecule has 0 bridgehead atoms. The van der Waals surface area contributed by atoms with Crippen molar-refractivity contribution in [3.63, 3.8) is 0 Å². The Bertz CT molecular complexity index is 432. The van der Waals surface area contributed by atoms with Crippen LogP contribution in [0.5, 0.6) is 5.88 Å². The summed E-state index contributed by atoms with van der Waals surface area (Å²) in [4.78, 5) is 24.0. The minimum Gasteiger partial charge on any atom is -0.468 e. The van der Waals surface area contributed by atoms with Gasteiger partial charge in [0.25, 0.3) is 5.88 Å². The molecule has 7 heteroatoms. The van der Waals surface area contributed by atoms with E-state index in [-0.39, 0.29) is 12.0 Å². The predicted octanol–water partition coefficient (Wildman–Crippen LogP) is -1.41. The minimum atomic E-state index is -0.630. The van der Waals surface area contributed by atoms with Crippen LogP contribution in [0, 0.1) is 0 Å². The van der Waals surface area contributed by atoms with E-state index < -0.39 is 11.2 Å². The molecule has 1 fully saturated rings. The molecule has 0 saturated carbocycles. The lowest BCUT2D eigenvalue weighted by molar-refractivity contribution is 0.156. The van der Waals surface area contributed by atoms with Crippen LogP contribution in [-0.2, 0) is 0 Å². The molecule has 1 saturated heterocycles. The number of hydrogen-bond donors (Lipinski definition) is 3. The molecule has 1 aliphatic heterocycles. The Hall–Kier alpha value is -1.63. The normalized spacial score (nSPS) is 21.2. The highest BCUT2D eigenvalue weighted by Crippen LogP contribution is 2.07. The van der Waals surface area contributed by atoms with Crippen LogP contribution in [0.2, 0.25) is 0 Å². The molecular formula is C8H12N4O3. The summed E-state index contributed by atoms with van der Waals surface area (Å²) in [5.74, 6) is -0.0803. The second-order valence-electron chi connectivity index (χ2n) is 3.40. The molecule has 3 N–H and O–H groups in total. The monoisotopic (exact) mass is 212 g/mol. The average Bonchev–Trinajstić information content (AvgIpc) is 2.24. The number of aromatic amines is 2. The second-order valence-corrected chi connectivity index (χ2v) is 3.40. The van der Waals surface area contributed by atoms with Gasteiger partial charge in [0.2, 0.25) is 0 Å². The van der Waals surface area contributed by atoms with Crippen LogP contribution in [0.3, 0.4) is 0 Å². The maximum Gasteiger partial charge on any atom is 0.342 e. The van der Waals surface area contributed by atoms with E-state index in [1.807, 2.05) is 0 Å². The SMILES string of the molecule is O=c1[nH]nc(OC2CCCNC2)c(=O)[nH]1. The molecule has 1 unspecified atom stereocenters. The van der Waals surface area contributed by atoms with Gasteiger partial charge in [0.05, 0.1) is 0 Å². The Labute approximate surface area is 84.9 Å². The van der Waals surface area contributed by atoms with E-state index in [0.29, 0.717) is 6.54 Å². The molecule has 1 aliphatic rings. The van der Waals surface area contributed by atoms with Crippen molar-refractivity contribution >= 4 is 0 Å². The average molecular weight is 212 g/mol. The molecule has 0 aromatic carbocycles. The van der Waals surface area contributed by atoms with Crippen LogP contribution >= 0.6 is 0 Å². The van der Waals surface area contributed by atoms with Crippen LogP contribution < -0.4 is 21.3 Å². The molecule has 0 radical (unpaired) electrons. The van der Waals surface area contributed by atoms with E-state index in [9.17, 15) is 9.59 Å². The molecule has 0 aliphatic carbocycles. The Kier molecular flexibility index (Phi) is 2.82. The van der Waals surface area contributed by atoms with Gasteiger partial charge in [-0.15, -0.1) is 5.10 Å². The number of nitrogens with one attached hydrogen (secondary N) is 3. The molecule has 1 aromatic heterocycles. The Morgan fingerprint density at radius 2 is 2.27 bits per heavy atom. The number of ether oxygens (including phenoxy) is 1. The number of nitrogens with zero attached hydrogens (tertiary/aromatic N) is 1. The third kappa shape index (κ3) is 2.44. The first-order valence-corrected chi connectivity index (χ1v) is 4.82. The van der Waals surface area contributed by atoms with Gasteiger partial charge in [-0.3, -0.25) is 9.78 Å². The number of hydrogen-bond acceptors (Lipinski definition) is 5. The smallest absolute Gasteiger partial charge is 0.342 e. The summed E-state index contributed by atoms with van der Waals surface area (Å²) in [7, 11) is 0. The summed E-state index contributed by atoms with van der Waals surface area (Å²) in [6.07, 6.45) is 1.83. The van der Waals surface area contributed by atoms with Crippen molar-refractivity contribution in [2.45, 2.75) is 18.9 Å². The van der Waals surface area contributed by atoms with Gasteiger partial charge in [-0.25, -0.2) is 9.89 Å². The first-order chi connectivity index (χ1) is 7.25. The Morgan fingerprint density at radius 1 is 1.40 bits per heavy atom. The van der Waals surface area contributed by atoms with Gasteiger partial charge in [0.1, 0.15) is 6.10 Å². The molecule has 82 valence electrons. The zero-order valence-electron chi connectivity index (χ0n) is 8.08. The molecule has 15 heavy (non-hydrogen) atoms. The van der Waals surface area contributed by atoms with Crippen molar-refractivity contribution in [2.75, 3.05) is 13.1 Å². The first-order valence-electron chi connectivity index (χ1n) is 4.82. The number of H-pyrrole nitrogens is 2. The van der Waals surface area contributed by atoms with Crippen LogP contribution in [0.25, 0.3) is 0 Å². The lowest BCUT2D eigenvalue weighted by Crippen LogP contribution is -2.39. The van der Waals surface area contributed by atoms with Crippen molar-refractivity contribution in [3.8, 4) is 5.88 Å². The van der Waals surface area contributed by atoms with Gasteiger partial charge >= 0.3 is 11.2 Å². The fraction of sp³-hybridized carbons (Fsp3) is 0.625. The molecule has 0 spiro atoms. The topological polar surface area (TPSA) is 99.9 Å². The largest absolute Gasteiger partial charge is 0.468 e. The maximum absolute atomic E-state index is 11.2. The Balaban J connectivity index is 2.09. The summed E-state index contributed by atoms with van der Waals surface area (Å²) in [5, 5.41) is 8.81. The van der Waals surface area contributed by atoms with Crippen molar-refractivity contribution in [3.05, 3.63) is 20.8 Å². The van der Waals surface area contributed by atoms with Crippen molar-refractivity contribution in [1.82, 2.24) is 20.5 Å². The van der Waals surface area contributed by atoms with Crippen LogP contribution in [0.4, 0.5) is 0 Å². The Morgan fingerprint density at radius 3 is 2.93 bits per heavy atom. The first kappa shape index (κ1) is 9.91. The number of piperidine rings is 1. The zero-order chi connectivity index (χ0) is 10.7. The van der Waals surface area contributed by atoms with Gasteiger partial charge in [0.15, 0.2) is 0 Å². The second kappa shape index (κ2) is 4.26. The van der Waals surface area contributed by atoms with Crippen molar-refractivity contribution in [2.24, 2.45) is 0 Å². The van der Waals surface area contributed by atoms with E-state index in [1.54, 1.807) is 0 Å². The lowest BCUT2D eigenvalue weighted by atomic mass is 10.1. The van der Waals surface area contributed by atoms with Crippen molar-refractivity contribution in [1.29, 1.82) is 0 Å². The van der Waals surface area contributed by atoms with Gasteiger partial charge in [-0.05, 0) is 19.4 Å². The molecule has 7 nitrogen and oxygen atoms in total. The van der Waals surface area contributed by atoms with E-state index in [0.717, 1.165) is 19.4 Å². The van der Waals surface area contributed by atoms with Gasteiger partial charge < -0.3 is 10.1 Å². The van der Waals surface area contributed by atoms with E-state index in [4.69, 9.17) is 4.74 Å². The molecule has 2 rings (SSSR count). The summed E-state index contributed by atoms with van der Waals surface area (Å²) in [6, 6.07) is 0. The fourth-order valence-electron chi connectivity index (χ4n) is 1.50. The number of aromatic nitrogens is 3. The molecule has 0 amide bonds. The highest BCUT2D eigenvalue weighted by atomic mass is 16.5. The predicted molar refractivity (Wildman–Crippen MR) is 52.0 cm³/mol. The quantitative estimate of drug-likeness (QED) is 0.559.